The number of benzene rings is 1. The van der Waals surface area contributed by atoms with Gasteiger partial charge in [-0.05, 0) is 92.7 Å². The van der Waals surface area contributed by atoms with E-state index in [-0.39, 0.29) is 29.1 Å². The molecule has 1 unspecified atom stereocenters. The first-order valence-corrected chi connectivity index (χ1v) is 16.2. The van der Waals surface area contributed by atoms with Crippen LogP contribution in [0, 0.1) is 18.3 Å². The highest BCUT2D eigenvalue weighted by Crippen LogP contribution is 2.46. The third kappa shape index (κ3) is 5.81. The number of hydrogen-bond donors (Lipinski definition) is 3. The van der Waals surface area contributed by atoms with E-state index in [1.165, 1.54) is 11.1 Å². The molecule has 2 atom stereocenters. The number of hydrogen-bond acceptors (Lipinski definition) is 4. The maximum Gasteiger partial charge on any atom is 0.270 e. The lowest BCUT2D eigenvalue weighted by molar-refractivity contribution is -0.127. The summed E-state index contributed by atoms with van der Waals surface area (Å²) in [5.41, 5.74) is 3.71. The molecule has 2 aromatic heterocycles. The van der Waals surface area contributed by atoms with Crippen molar-refractivity contribution in [3.8, 4) is 0 Å². The second-order valence-corrected chi connectivity index (χ2v) is 13.8. The summed E-state index contributed by atoms with van der Waals surface area (Å²) in [6.45, 7) is 5.01. The van der Waals surface area contributed by atoms with Crippen LogP contribution in [0.15, 0.2) is 48.7 Å². The number of carbonyl (C=O) groups excluding carboxylic acids is 3. The molecule has 3 fully saturated rings. The van der Waals surface area contributed by atoms with Gasteiger partial charge in [-0.2, -0.15) is 5.10 Å². The number of aryl methyl sites for hydroxylation is 2. The summed E-state index contributed by atoms with van der Waals surface area (Å²) in [6.07, 6.45) is 10.7. The summed E-state index contributed by atoms with van der Waals surface area (Å²) < 4.78 is 3.64. The molecule has 3 saturated carbocycles. The molecule has 44 heavy (non-hydrogen) atoms. The molecule has 1 aromatic carbocycles. The van der Waals surface area contributed by atoms with E-state index >= 15 is 0 Å². The number of nitrogens with one attached hydrogen (secondary N) is 3. The van der Waals surface area contributed by atoms with Crippen molar-refractivity contribution in [2.75, 3.05) is 11.9 Å². The number of amides is 3. The molecular formula is C35H46N6O3. The Bertz CT molecular complexity index is 1540. The largest absolute Gasteiger partial charge is 0.355 e. The zero-order valence-corrected chi connectivity index (χ0v) is 26.5. The predicted octanol–water partition coefficient (Wildman–Crippen LogP) is 5.12. The Hall–Kier alpha value is -3.88. The van der Waals surface area contributed by atoms with Crippen LogP contribution in [-0.4, -0.2) is 44.7 Å². The van der Waals surface area contributed by atoms with Crippen molar-refractivity contribution in [3.63, 3.8) is 0 Å². The fourth-order valence-electron chi connectivity index (χ4n) is 7.40. The minimum atomic E-state index is -0.798. The van der Waals surface area contributed by atoms with Crippen LogP contribution in [0.25, 0.3) is 0 Å². The fourth-order valence-corrected chi connectivity index (χ4v) is 7.40. The molecule has 9 heteroatoms. The summed E-state index contributed by atoms with van der Waals surface area (Å²) in [5.74, 6) is -0.400. The SMILES string of the molecule is Cc1ccc(C(C2CC2)[C@H](NC(=O)c2ccnn2C)C(=O)Nc2cccc(C3(C(=O)NCC4(C)CCC4)CCCC3)c2)n1C. The molecule has 0 saturated heterocycles. The van der Waals surface area contributed by atoms with Crippen LogP contribution in [0.2, 0.25) is 0 Å². The van der Waals surface area contributed by atoms with Crippen LogP contribution in [0.5, 0.6) is 0 Å². The highest BCUT2D eigenvalue weighted by Gasteiger charge is 2.45. The normalized spacial score (nSPS) is 19.9. The number of nitrogens with zero attached hydrogens (tertiary/aromatic N) is 3. The second-order valence-electron chi connectivity index (χ2n) is 13.8. The fraction of sp³-hybridized carbons (Fsp3) is 0.543. The van der Waals surface area contributed by atoms with Gasteiger partial charge in [0, 0.05) is 49.8 Å². The topological polar surface area (TPSA) is 110 Å². The average molecular weight is 599 g/mol. The Morgan fingerprint density at radius 2 is 1.75 bits per heavy atom. The first-order chi connectivity index (χ1) is 21.1. The van der Waals surface area contributed by atoms with Crippen molar-refractivity contribution in [1.29, 1.82) is 0 Å². The van der Waals surface area contributed by atoms with Gasteiger partial charge < -0.3 is 20.5 Å². The lowest BCUT2D eigenvalue weighted by atomic mass is 9.70. The van der Waals surface area contributed by atoms with Crippen LogP contribution in [0.4, 0.5) is 5.69 Å². The van der Waals surface area contributed by atoms with Crippen LogP contribution >= 0.6 is 0 Å². The quantitative estimate of drug-likeness (QED) is 0.285. The van der Waals surface area contributed by atoms with E-state index in [4.69, 9.17) is 0 Å². The van der Waals surface area contributed by atoms with E-state index in [1.54, 1.807) is 19.3 Å². The van der Waals surface area contributed by atoms with Gasteiger partial charge in [-0.25, -0.2) is 0 Å². The van der Waals surface area contributed by atoms with Crippen molar-refractivity contribution in [2.45, 2.75) is 89.0 Å². The maximum absolute atomic E-state index is 14.2. The van der Waals surface area contributed by atoms with E-state index in [2.05, 4.69) is 44.7 Å². The van der Waals surface area contributed by atoms with Crippen LogP contribution in [0.1, 0.15) is 98.1 Å². The van der Waals surface area contributed by atoms with Crippen LogP contribution in [-0.2, 0) is 29.1 Å². The Morgan fingerprint density at radius 1 is 1.00 bits per heavy atom. The standard InChI is InChI=1S/C35H46N6O3/c1-23-11-14-27(40(23)3)29(24-12-13-24)30(39-31(42)28-15-20-37-41(28)4)32(43)38-26-10-7-9-25(21-26)35(18-5-6-19-35)33(44)36-22-34(2)16-8-17-34/h7,9-11,14-15,20-21,24,29-30H,5-6,8,12-13,16-19,22H2,1-4H3,(H,36,44)(H,38,43)(H,39,42)/t29?,30-/m0/s1. The Labute approximate surface area is 260 Å². The summed E-state index contributed by atoms with van der Waals surface area (Å²) in [5, 5.41) is 13.7. The average Bonchev–Trinajstić information content (AvgIpc) is 3.36. The van der Waals surface area contributed by atoms with Crippen molar-refractivity contribution in [1.82, 2.24) is 25.0 Å². The molecule has 0 aliphatic heterocycles. The lowest BCUT2D eigenvalue weighted by Crippen LogP contribution is -2.49. The van der Waals surface area contributed by atoms with Crippen molar-refractivity contribution >= 4 is 23.4 Å². The third-order valence-corrected chi connectivity index (χ3v) is 10.7. The molecule has 2 heterocycles. The molecule has 234 valence electrons. The molecule has 3 aliphatic rings. The first kappa shape index (κ1) is 30.2. The lowest BCUT2D eigenvalue weighted by Gasteiger charge is -2.39. The van der Waals surface area contributed by atoms with E-state index < -0.39 is 11.5 Å². The molecular weight excluding hydrogens is 552 g/mol. The number of anilines is 1. The zero-order valence-electron chi connectivity index (χ0n) is 26.5. The van der Waals surface area contributed by atoms with Gasteiger partial charge in [-0.1, -0.05) is 38.3 Å². The monoisotopic (exact) mass is 598 g/mol. The van der Waals surface area contributed by atoms with Crippen molar-refractivity contribution in [3.05, 3.63) is 71.3 Å². The summed E-state index contributed by atoms with van der Waals surface area (Å²) in [7, 11) is 3.73. The van der Waals surface area contributed by atoms with E-state index in [9.17, 15) is 14.4 Å². The first-order valence-electron chi connectivity index (χ1n) is 16.2. The predicted molar refractivity (Wildman–Crippen MR) is 170 cm³/mol. The molecule has 6 rings (SSSR count). The smallest absolute Gasteiger partial charge is 0.270 e. The van der Waals surface area contributed by atoms with E-state index in [0.29, 0.717) is 23.8 Å². The summed E-state index contributed by atoms with van der Waals surface area (Å²) >= 11 is 0. The summed E-state index contributed by atoms with van der Waals surface area (Å²) in [4.78, 5) is 41.5. The van der Waals surface area contributed by atoms with Crippen LogP contribution < -0.4 is 16.0 Å². The molecule has 0 radical (unpaired) electrons. The number of rotatable bonds is 11. The van der Waals surface area contributed by atoms with Gasteiger partial charge >= 0.3 is 0 Å². The number of aromatic nitrogens is 3. The van der Waals surface area contributed by atoms with Gasteiger partial charge in [0.2, 0.25) is 11.8 Å². The van der Waals surface area contributed by atoms with Crippen LogP contribution in [0.3, 0.4) is 0 Å². The molecule has 3 aliphatic carbocycles. The zero-order chi connectivity index (χ0) is 31.1. The highest BCUT2D eigenvalue weighted by atomic mass is 16.2. The van der Waals surface area contributed by atoms with Gasteiger partial charge in [-0.15, -0.1) is 0 Å². The molecule has 3 aromatic rings. The minimum Gasteiger partial charge on any atom is -0.355 e. The molecule has 0 spiro atoms. The Kier molecular flexibility index (Phi) is 8.16. The molecule has 9 nitrogen and oxygen atoms in total. The van der Waals surface area contributed by atoms with Gasteiger partial charge in [0.25, 0.3) is 5.91 Å². The van der Waals surface area contributed by atoms with E-state index in [0.717, 1.165) is 68.3 Å². The van der Waals surface area contributed by atoms with Crippen molar-refractivity contribution in [2.24, 2.45) is 25.4 Å². The molecule has 0 bridgehead atoms. The Morgan fingerprint density at radius 3 is 2.34 bits per heavy atom. The van der Waals surface area contributed by atoms with Gasteiger partial charge in [0.1, 0.15) is 11.7 Å². The third-order valence-electron chi connectivity index (χ3n) is 10.7. The Balaban J connectivity index is 1.27. The molecule has 3 amide bonds. The summed E-state index contributed by atoms with van der Waals surface area (Å²) in [6, 6.07) is 12.8. The molecule has 3 N–H and O–H groups in total. The highest BCUT2D eigenvalue weighted by molar-refractivity contribution is 6.01. The maximum atomic E-state index is 14.2. The van der Waals surface area contributed by atoms with E-state index in [1.807, 2.05) is 38.2 Å². The van der Waals surface area contributed by atoms with Gasteiger partial charge in [-0.3, -0.25) is 19.1 Å². The van der Waals surface area contributed by atoms with Crippen molar-refractivity contribution < 1.29 is 14.4 Å². The van der Waals surface area contributed by atoms with Gasteiger partial charge in [0.15, 0.2) is 0 Å². The second kappa shape index (κ2) is 11.9. The number of carbonyl (C=O) groups is 3. The van der Waals surface area contributed by atoms with Gasteiger partial charge in [0.05, 0.1) is 5.41 Å². The minimum absolute atomic E-state index is 0.0980.